The van der Waals surface area contributed by atoms with Crippen LogP contribution in [0.5, 0.6) is 5.75 Å². The van der Waals surface area contributed by atoms with Gasteiger partial charge in [0.2, 0.25) is 0 Å². The number of hydrazine groups is 1. The standard InChI is InChI=1S/C30H38F3N7O3/c1-20-6-7-22(14-28(20)40(34)19-27(35-3)26-18-36-38(4)21(26)2)29(41)37-24-15-23(30(31,32)33)16-25(17-24)43-11-5-8-39-9-12-42-13-10-39/h6-7,14-19,35H,5,8-13,34H2,1-4H3,(H,37,41)/b27-19-. The molecule has 2 heterocycles. The molecule has 232 valence electrons. The maximum atomic E-state index is 13.7. The van der Waals surface area contributed by atoms with Crippen LogP contribution in [0, 0.1) is 13.8 Å². The Balaban J connectivity index is 1.49. The monoisotopic (exact) mass is 601 g/mol. The highest BCUT2D eigenvalue weighted by atomic mass is 19.4. The molecule has 0 radical (unpaired) electrons. The molecule has 0 saturated carbocycles. The highest BCUT2D eigenvalue weighted by Crippen LogP contribution is 2.34. The smallest absolute Gasteiger partial charge is 0.416 e. The summed E-state index contributed by atoms with van der Waals surface area (Å²) >= 11 is 0. The van der Waals surface area contributed by atoms with Gasteiger partial charge in [0.05, 0.1) is 43.0 Å². The van der Waals surface area contributed by atoms with Crippen LogP contribution in [0.1, 0.15) is 39.2 Å². The van der Waals surface area contributed by atoms with E-state index in [1.807, 2.05) is 20.9 Å². The second-order valence-electron chi connectivity index (χ2n) is 10.3. The Morgan fingerprint density at radius 2 is 1.93 bits per heavy atom. The fourth-order valence-corrected chi connectivity index (χ4v) is 4.69. The average Bonchev–Trinajstić information content (AvgIpc) is 3.31. The first-order valence-corrected chi connectivity index (χ1v) is 14.0. The van der Waals surface area contributed by atoms with Gasteiger partial charge in [-0.1, -0.05) is 6.07 Å². The third kappa shape index (κ3) is 8.27. The van der Waals surface area contributed by atoms with Crippen LogP contribution in [-0.2, 0) is 18.0 Å². The molecule has 0 unspecified atom stereocenters. The zero-order chi connectivity index (χ0) is 31.1. The van der Waals surface area contributed by atoms with Gasteiger partial charge in [-0.2, -0.15) is 18.3 Å². The number of nitrogens with zero attached hydrogens (tertiary/aromatic N) is 4. The van der Waals surface area contributed by atoms with Crippen LogP contribution in [0.4, 0.5) is 24.5 Å². The number of hydrogen-bond donors (Lipinski definition) is 3. The van der Waals surface area contributed by atoms with E-state index < -0.39 is 17.6 Å². The fourth-order valence-electron chi connectivity index (χ4n) is 4.69. The Morgan fingerprint density at radius 1 is 1.19 bits per heavy atom. The predicted molar refractivity (Wildman–Crippen MR) is 160 cm³/mol. The van der Waals surface area contributed by atoms with Crippen LogP contribution in [-0.4, -0.2) is 67.1 Å². The quantitative estimate of drug-likeness (QED) is 0.170. The average molecular weight is 602 g/mol. The molecule has 3 aromatic rings. The number of morpholine rings is 1. The third-order valence-corrected chi connectivity index (χ3v) is 7.30. The van der Waals surface area contributed by atoms with Gasteiger partial charge in [0.15, 0.2) is 0 Å². The Morgan fingerprint density at radius 3 is 2.58 bits per heavy atom. The molecular weight excluding hydrogens is 563 g/mol. The molecule has 1 amide bonds. The molecule has 13 heteroatoms. The lowest BCUT2D eigenvalue weighted by Gasteiger charge is -2.26. The van der Waals surface area contributed by atoms with Crippen molar-refractivity contribution in [2.45, 2.75) is 26.4 Å². The minimum absolute atomic E-state index is 0.0280. The molecule has 0 atom stereocenters. The minimum atomic E-state index is -4.62. The molecule has 1 aromatic heterocycles. The first kappa shape index (κ1) is 31.9. The summed E-state index contributed by atoms with van der Waals surface area (Å²) in [6, 6.07) is 8.12. The van der Waals surface area contributed by atoms with Crippen molar-refractivity contribution in [2.75, 3.05) is 56.8 Å². The number of halogens is 3. The summed E-state index contributed by atoms with van der Waals surface area (Å²) in [5, 5.41) is 11.4. The molecule has 10 nitrogen and oxygen atoms in total. The number of amides is 1. The lowest BCUT2D eigenvalue weighted by Crippen LogP contribution is -2.37. The van der Waals surface area contributed by atoms with E-state index in [9.17, 15) is 18.0 Å². The number of nitrogens with two attached hydrogens (primary N) is 1. The maximum Gasteiger partial charge on any atom is 0.416 e. The molecule has 2 aromatic carbocycles. The number of rotatable bonds is 11. The number of aromatic nitrogens is 2. The lowest BCUT2D eigenvalue weighted by atomic mass is 10.1. The molecule has 43 heavy (non-hydrogen) atoms. The first-order chi connectivity index (χ1) is 20.5. The summed E-state index contributed by atoms with van der Waals surface area (Å²) in [5.41, 5.74) is 3.11. The van der Waals surface area contributed by atoms with E-state index in [4.69, 9.17) is 15.3 Å². The fraction of sp³-hybridized carbons (Fsp3) is 0.400. The van der Waals surface area contributed by atoms with Crippen LogP contribution in [0.25, 0.3) is 5.70 Å². The van der Waals surface area contributed by atoms with Gasteiger partial charge in [-0.15, -0.1) is 0 Å². The van der Waals surface area contributed by atoms with Gasteiger partial charge < -0.3 is 20.1 Å². The van der Waals surface area contributed by atoms with E-state index in [1.54, 1.807) is 42.3 Å². The topological polar surface area (TPSA) is 110 Å². The molecule has 0 aliphatic carbocycles. The molecule has 0 bridgehead atoms. The Hall–Kier alpha value is -4.07. The predicted octanol–water partition coefficient (Wildman–Crippen LogP) is 4.31. The SMILES string of the molecule is CN/C(=C\N(N)c1cc(C(=O)Nc2cc(OCCCN3CCOCC3)cc(C(F)(F)F)c2)ccc1C)c1cnn(C)c1C. The van der Waals surface area contributed by atoms with E-state index in [2.05, 4.69) is 20.6 Å². The van der Waals surface area contributed by atoms with Crippen LogP contribution < -0.4 is 26.2 Å². The number of alkyl halides is 3. The van der Waals surface area contributed by atoms with Crippen molar-refractivity contribution in [3.8, 4) is 5.75 Å². The number of aryl methyl sites for hydroxylation is 2. The van der Waals surface area contributed by atoms with Crippen molar-refractivity contribution < 1.29 is 27.4 Å². The number of anilines is 2. The minimum Gasteiger partial charge on any atom is -0.493 e. The highest BCUT2D eigenvalue weighted by Gasteiger charge is 2.32. The van der Waals surface area contributed by atoms with Gasteiger partial charge in [-0.3, -0.25) is 19.4 Å². The van der Waals surface area contributed by atoms with Crippen molar-refractivity contribution in [2.24, 2.45) is 12.9 Å². The molecule has 1 saturated heterocycles. The van der Waals surface area contributed by atoms with Crippen molar-refractivity contribution in [3.63, 3.8) is 0 Å². The number of hydrogen-bond acceptors (Lipinski definition) is 8. The van der Waals surface area contributed by atoms with Gasteiger partial charge in [0, 0.05) is 68.5 Å². The number of carbonyl (C=O) groups is 1. The second kappa shape index (κ2) is 13.9. The number of carbonyl (C=O) groups excluding carboxylic acids is 1. The highest BCUT2D eigenvalue weighted by molar-refractivity contribution is 6.05. The summed E-state index contributed by atoms with van der Waals surface area (Å²) in [5.74, 6) is 5.83. The van der Waals surface area contributed by atoms with Crippen LogP contribution in [0.15, 0.2) is 48.8 Å². The molecule has 0 spiro atoms. The number of benzene rings is 2. The third-order valence-electron chi connectivity index (χ3n) is 7.30. The largest absolute Gasteiger partial charge is 0.493 e. The molecule has 1 fully saturated rings. The van der Waals surface area contributed by atoms with E-state index >= 15 is 0 Å². The summed E-state index contributed by atoms with van der Waals surface area (Å²) < 4.78 is 53.8. The van der Waals surface area contributed by atoms with Gasteiger partial charge in [0.1, 0.15) is 5.75 Å². The van der Waals surface area contributed by atoms with Crippen LogP contribution in [0.2, 0.25) is 0 Å². The van der Waals surface area contributed by atoms with Gasteiger partial charge in [-0.25, -0.2) is 5.84 Å². The summed E-state index contributed by atoms with van der Waals surface area (Å²) in [7, 11) is 3.60. The summed E-state index contributed by atoms with van der Waals surface area (Å²) in [6.07, 6.45) is -0.569. The van der Waals surface area contributed by atoms with Crippen molar-refractivity contribution in [1.82, 2.24) is 20.0 Å². The first-order valence-electron chi connectivity index (χ1n) is 14.0. The Bertz CT molecular complexity index is 1450. The van der Waals surface area contributed by atoms with Gasteiger partial charge >= 0.3 is 6.18 Å². The second-order valence-corrected chi connectivity index (χ2v) is 10.3. The van der Waals surface area contributed by atoms with E-state index in [1.165, 1.54) is 11.1 Å². The zero-order valence-corrected chi connectivity index (χ0v) is 24.8. The molecule has 1 aliphatic rings. The van der Waals surface area contributed by atoms with E-state index in [0.717, 1.165) is 48.6 Å². The number of nitrogens with one attached hydrogen (secondary N) is 2. The zero-order valence-electron chi connectivity index (χ0n) is 24.8. The van der Waals surface area contributed by atoms with Gasteiger partial charge in [-0.05, 0) is 50.1 Å². The number of ether oxygens (including phenoxy) is 2. The summed E-state index contributed by atoms with van der Waals surface area (Å²) in [4.78, 5) is 15.4. The van der Waals surface area contributed by atoms with Crippen molar-refractivity contribution in [1.29, 1.82) is 0 Å². The molecule has 1 aliphatic heterocycles. The summed E-state index contributed by atoms with van der Waals surface area (Å²) in [6.45, 7) is 7.74. The Labute approximate surface area is 249 Å². The van der Waals surface area contributed by atoms with Crippen LogP contribution >= 0.6 is 0 Å². The Kier molecular flexibility index (Phi) is 10.3. The molecular formula is C30H38F3N7O3. The van der Waals surface area contributed by atoms with Crippen LogP contribution in [0.3, 0.4) is 0 Å². The van der Waals surface area contributed by atoms with Crippen molar-refractivity contribution >= 4 is 23.0 Å². The molecule has 4 rings (SSSR count). The molecule has 4 N–H and O–H groups in total. The lowest BCUT2D eigenvalue weighted by molar-refractivity contribution is -0.137. The maximum absolute atomic E-state index is 13.7. The van der Waals surface area contributed by atoms with Gasteiger partial charge in [0.25, 0.3) is 5.91 Å². The van der Waals surface area contributed by atoms with E-state index in [-0.39, 0.29) is 23.6 Å². The van der Waals surface area contributed by atoms with Crippen molar-refractivity contribution in [3.05, 3.63) is 76.7 Å². The van der Waals surface area contributed by atoms with E-state index in [0.29, 0.717) is 31.0 Å². The normalized spacial score (nSPS) is 14.5.